The Bertz CT molecular complexity index is 2350. The number of aromatic nitrogens is 4. The third kappa shape index (κ3) is 14.7. The van der Waals surface area contributed by atoms with E-state index in [-0.39, 0.29) is 18.1 Å². The Labute approximate surface area is 420 Å². The minimum Gasteiger partial charge on any atom is -0.468 e. The average Bonchev–Trinajstić information content (AvgIpc) is 4.04. The lowest BCUT2D eigenvalue weighted by atomic mass is 9.79. The number of cyclic esters (lactones) is 1. The van der Waals surface area contributed by atoms with E-state index >= 15 is 0 Å². The first kappa shape index (κ1) is 54.1. The fraction of sp³-hybridized carbons (Fsp3) is 0.618. The number of likely N-dealkylation sites (tertiary alicyclic amines) is 1. The molecular weight excluding hydrogens is 903 g/mol. The highest BCUT2D eigenvalue weighted by atomic mass is 16.7. The zero-order valence-electron chi connectivity index (χ0n) is 43.0. The highest BCUT2D eigenvalue weighted by Gasteiger charge is 2.47. The van der Waals surface area contributed by atoms with Crippen LogP contribution >= 0.6 is 0 Å². The molecule has 0 bridgehead atoms. The predicted molar refractivity (Wildman–Crippen MR) is 271 cm³/mol. The number of aliphatic hydroxyl groups excluding tert-OH is 3. The lowest BCUT2D eigenvalue weighted by molar-refractivity contribution is -0.304. The number of ketones is 1. The zero-order chi connectivity index (χ0) is 50.6. The van der Waals surface area contributed by atoms with E-state index in [0.29, 0.717) is 44.6 Å². The van der Waals surface area contributed by atoms with Crippen LogP contribution in [0.5, 0.6) is 0 Å². The second-order valence-electron chi connectivity index (χ2n) is 20.7. The predicted octanol–water partition coefficient (Wildman–Crippen LogP) is 6.90. The molecule has 0 unspecified atom stereocenters. The molecule has 2 fully saturated rings. The number of allylic oxidation sites excluding steroid dienone is 3. The fourth-order valence-electron chi connectivity index (χ4n) is 10.7. The minimum absolute atomic E-state index is 0.0498. The lowest BCUT2D eigenvalue weighted by Gasteiger charge is -2.46. The van der Waals surface area contributed by atoms with Gasteiger partial charge in [-0.3, -0.25) is 19.5 Å². The van der Waals surface area contributed by atoms with Gasteiger partial charge in [0.2, 0.25) is 0 Å². The summed E-state index contributed by atoms with van der Waals surface area (Å²) in [6, 6.07) is 13.0. The van der Waals surface area contributed by atoms with E-state index in [1.54, 1.807) is 49.1 Å². The number of aliphatic hydroxyl groups is 3. The molecule has 12 atom stereocenters. The van der Waals surface area contributed by atoms with Crippen LogP contribution in [0.3, 0.4) is 0 Å². The number of benzene rings is 1. The van der Waals surface area contributed by atoms with Gasteiger partial charge in [-0.2, -0.15) is 0 Å². The Morgan fingerprint density at radius 3 is 2.42 bits per heavy atom. The van der Waals surface area contributed by atoms with Crippen molar-refractivity contribution in [1.82, 2.24) is 34.7 Å². The monoisotopic (exact) mass is 982 g/mol. The van der Waals surface area contributed by atoms with Crippen molar-refractivity contribution in [2.75, 3.05) is 40.3 Å². The largest absolute Gasteiger partial charge is 0.468 e. The van der Waals surface area contributed by atoms with Gasteiger partial charge < -0.3 is 43.7 Å². The molecule has 3 aromatic heterocycles. The van der Waals surface area contributed by atoms with Crippen LogP contribution in [-0.2, 0) is 36.9 Å². The number of likely N-dealkylation sites (N-methyl/N-ethyl adjacent to an activating group) is 1. The van der Waals surface area contributed by atoms with Crippen LogP contribution in [0.1, 0.15) is 104 Å². The number of ether oxygens (including phenoxy) is 3. The van der Waals surface area contributed by atoms with Gasteiger partial charge in [-0.25, -0.2) is 4.68 Å². The second-order valence-corrected chi connectivity index (χ2v) is 20.7. The lowest BCUT2D eigenvalue weighted by Crippen LogP contribution is -2.63. The molecule has 4 aromatic rings. The molecule has 0 amide bonds. The summed E-state index contributed by atoms with van der Waals surface area (Å²) >= 11 is 0. The Morgan fingerprint density at radius 2 is 1.69 bits per heavy atom. The average molecular weight is 982 g/mol. The molecule has 388 valence electrons. The molecule has 2 saturated heterocycles. The summed E-state index contributed by atoms with van der Waals surface area (Å²) in [5.41, 5.74) is 3.28. The first-order valence-corrected chi connectivity index (χ1v) is 26.0. The van der Waals surface area contributed by atoms with Gasteiger partial charge in [-0.1, -0.05) is 81.2 Å². The Kier molecular flexibility index (Phi) is 19.7. The number of carbonyl (C=O) groups is 2. The molecule has 16 nitrogen and oxygen atoms in total. The molecule has 71 heavy (non-hydrogen) atoms. The van der Waals surface area contributed by atoms with Crippen molar-refractivity contribution in [3.05, 3.63) is 96.4 Å². The summed E-state index contributed by atoms with van der Waals surface area (Å²) in [5.74, 6) is -1.53. The van der Waals surface area contributed by atoms with E-state index in [0.717, 1.165) is 60.4 Å². The molecule has 3 aliphatic rings. The maximum Gasteiger partial charge on any atom is 0.308 e. The van der Waals surface area contributed by atoms with Crippen molar-refractivity contribution < 1.29 is 43.5 Å². The Hall–Kier alpha value is -4.65. The number of nitrogens with zero attached hydrogens (tertiary/aromatic N) is 7. The number of furan rings is 1. The molecule has 6 heterocycles. The van der Waals surface area contributed by atoms with Crippen LogP contribution in [0.2, 0.25) is 0 Å². The molecule has 3 N–H and O–H groups in total. The maximum atomic E-state index is 14.3. The van der Waals surface area contributed by atoms with Gasteiger partial charge in [-0.15, -0.1) is 5.10 Å². The topological polar surface area (TPSA) is 189 Å². The maximum absolute atomic E-state index is 14.3. The van der Waals surface area contributed by atoms with Crippen LogP contribution in [0, 0.1) is 23.7 Å². The SMILES string of the molecule is CC[C@H]1OC(=O)C[C@@H](O)[C@H](C)[C@@H](O[C@@H]2O[C@H](C)[C@@H](O)[C@H](N(C)C)[C@H]2O)[C@@H](CCN(Cc2cn(-c3cnc4ccccc4c3)nn2)Cc2ccco2)C[C@@H](C)C(=O)/C=C/C(C)=C/[C@@H]1CN1CCCCCCC1. The van der Waals surface area contributed by atoms with Gasteiger partial charge >= 0.3 is 5.97 Å². The zero-order valence-corrected chi connectivity index (χ0v) is 43.0. The summed E-state index contributed by atoms with van der Waals surface area (Å²) in [4.78, 5) is 39.4. The first-order valence-electron chi connectivity index (χ1n) is 26.0. The molecule has 1 aromatic carbocycles. The molecular formula is C55H79N7O9. The number of pyridine rings is 1. The fourth-order valence-corrected chi connectivity index (χ4v) is 10.7. The molecule has 0 saturated carbocycles. The van der Waals surface area contributed by atoms with Crippen molar-refractivity contribution in [2.45, 2.75) is 154 Å². The summed E-state index contributed by atoms with van der Waals surface area (Å²) in [6.45, 7) is 13.5. The number of rotatable bonds is 14. The van der Waals surface area contributed by atoms with Crippen molar-refractivity contribution in [3.63, 3.8) is 0 Å². The van der Waals surface area contributed by atoms with E-state index in [4.69, 9.17) is 18.6 Å². The van der Waals surface area contributed by atoms with Gasteiger partial charge in [0.05, 0.1) is 79.0 Å². The normalized spacial score (nSPS) is 31.5. The summed E-state index contributed by atoms with van der Waals surface area (Å²) in [6.07, 6.45) is 11.3. The first-order chi connectivity index (χ1) is 34.2. The number of para-hydroxylation sites is 1. The van der Waals surface area contributed by atoms with E-state index < -0.39 is 72.7 Å². The van der Waals surface area contributed by atoms with Gasteiger partial charge in [-0.05, 0) is 116 Å². The highest BCUT2D eigenvalue weighted by molar-refractivity contribution is 5.91. The van der Waals surface area contributed by atoms with Crippen LogP contribution in [0.15, 0.2) is 89.3 Å². The summed E-state index contributed by atoms with van der Waals surface area (Å²) < 4.78 is 27.1. The van der Waals surface area contributed by atoms with Gasteiger partial charge in [0.15, 0.2) is 12.1 Å². The smallest absolute Gasteiger partial charge is 0.308 e. The number of hydrogen-bond acceptors (Lipinski definition) is 15. The Morgan fingerprint density at radius 1 is 0.930 bits per heavy atom. The minimum atomic E-state index is -1.27. The quantitative estimate of drug-likeness (QED) is 0.111. The number of hydrogen-bond donors (Lipinski definition) is 3. The van der Waals surface area contributed by atoms with Crippen LogP contribution in [0.4, 0.5) is 0 Å². The molecule has 0 radical (unpaired) electrons. The standard InChI is InChI=1S/C55H79N7O9/c1-8-49-42(32-60-23-14-10-9-11-15-24-60)27-36(2)20-21-47(63)37(3)28-41(54(38(4)48(64)30-50(65)70-49)71-55-53(67)51(59(6)7)52(66)39(5)69-55)22-25-61(35-45-18-16-26-68-45)33-43-34-62(58-57-43)44-29-40-17-12-13-19-46(40)56-31-44/h12-13,16-21,26-27,29,31,34,37-39,41-42,48-49,51-55,64,66-67H,8-11,14-15,22-25,28,30,32-33,35H2,1-7H3/b21-20+,36-27+/t37-,38+,39-,41+,42-,48-,49-,51+,52-,53-,54-,55+/m1/s1. The third-order valence-corrected chi connectivity index (χ3v) is 14.9. The van der Waals surface area contributed by atoms with Crippen molar-refractivity contribution in [1.29, 1.82) is 0 Å². The molecule has 3 aliphatic heterocycles. The molecule has 0 spiro atoms. The van der Waals surface area contributed by atoms with Crippen molar-refractivity contribution in [2.24, 2.45) is 23.7 Å². The highest BCUT2D eigenvalue weighted by Crippen LogP contribution is 2.35. The second kappa shape index (κ2) is 25.8. The van der Waals surface area contributed by atoms with Crippen LogP contribution in [-0.4, -0.2) is 151 Å². The Balaban J connectivity index is 1.20. The van der Waals surface area contributed by atoms with E-state index in [1.807, 2.05) is 82.4 Å². The van der Waals surface area contributed by atoms with Crippen molar-refractivity contribution in [3.8, 4) is 5.69 Å². The number of carbonyl (C=O) groups excluding carboxylic acids is 2. The van der Waals surface area contributed by atoms with E-state index in [9.17, 15) is 24.9 Å². The summed E-state index contributed by atoms with van der Waals surface area (Å²) in [7, 11) is 3.57. The van der Waals surface area contributed by atoms with Gasteiger partial charge in [0, 0.05) is 36.2 Å². The summed E-state index contributed by atoms with van der Waals surface area (Å²) in [5, 5.41) is 45.2. The molecule has 0 aliphatic carbocycles. The van der Waals surface area contributed by atoms with E-state index in [2.05, 4.69) is 31.2 Å². The van der Waals surface area contributed by atoms with Crippen LogP contribution < -0.4 is 0 Å². The van der Waals surface area contributed by atoms with Gasteiger partial charge in [0.1, 0.15) is 18.0 Å². The van der Waals surface area contributed by atoms with E-state index in [1.165, 1.54) is 19.3 Å². The number of esters is 1. The molecule has 16 heteroatoms. The molecule has 7 rings (SSSR count). The van der Waals surface area contributed by atoms with Crippen molar-refractivity contribution >= 4 is 22.7 Å². The number of fused-ring (bicyclic) bond motifs is 1. The van der Waals surface area contributed by atoms with Crippen LogP contribution in [0.25, 0.3) is 16.6 Å². The third-order valence-electron chi connectivity index (χ3n) is 14.9. The van der Waals surface area contributed by atoms with Gasteiger partial charge in [0.25, 0.3) is 0 Å².